The molecule has 1 unspecified atom stereocenters. The van der Waals surface area contributed by atoms with Crippen molar-refractivity contribution in [3.8, 4) is 0 Å². The highest BCUT2D eigenvalue weighted by Gasteiger charge is 2.21. The van der Waals surface area contributed by atoms with E-state index in [1.165, 1.54) is 11.5 Å². The van der Waals surface area contributed by atoms with E-state index in [1.807, 2.05) is 12.1 Å². The Morgan fingerprint density at radius 1 is 1.62 bits per heavy atom. The van der Waals surface area contributed by atoms with E-state index in [4.69, 9.17) is 10.3 Å². The van der Waals surface area contributed by atoms with Gasteiger partial charge in [-0.15, -0.1) is 5.10 Å². The zero-order chi connectivity index (χ0) is 11.4. The summed E-state index contributed by atoms with van der Waals surface area (Å²) in [5, 5.41) is 4.12. The maximum absolute atomic E-state index is 5.56. The summed E-state index contributed by atoms with van der Waals surface area (Å²) in [4.78, 5) is 1.03. The molecule has 0 spiro atoms. The van der Waals surface area contributed by atoms with Crippen molar-refractivity contribution >= 4 is 11.5 Å². The van der Waals surface area contributed by atoms with E-state index in [2.05, 4.69) is 21.9 Å². The van der Waals surface area contributed by atoms with Crippen LogP contribution in [-0.4, -0.2) is 9.59 Å². The molecule has 0 bridgehead atoms. The number of aromatic nitrogens is 2. The van der Waals surface area contributed by atoms with Gasteiger partial charge in [0.2, 0.25) is 0 Å². The predicted octanol–water partition coefficient (Wildman–Crippen LogP) is 1.64. The molecule has 0 aliphatic heterocycles. The molecule has 0 aliphatic carbocycles. The van der Waals surface area contributed by atoms with Crippen LogP contribution in [0, 0.1) is 0 Å². The van der Waals surface area contributed by atoms with E-state index in [1.54, 1.807) is 6.26 Å². The summed E-state index contributed by atoms with van der Waals surface area (Å²) in [5.74, 6) is 6.34. The molecule has 0 saturated carbocycles. The van der Waals surface area contributed by atoms with Crippen LogP contribution < -0.4 is 11.3 Å². The van der Waals surface area contributed by atoms with Gasteiger partial charge in [-0.05, 0) is 30.1 Å². The molecule has 2 rings (SSSR count). The van der Waals surface area contributed by atoms with Crippen LogP contribution in [0.4, 0.5) is 0 Å². The highest BCUT2D eigenvalue weighted by Crippen LogP contribution is 2.27. The molecule has 0 fully saturated rings. The Balaban J connectivity index is 2.30. The molecular weight excluding hydrogens is 224 g/mol. The molecule has 0 aliphatic rings. The smallest absolute Gasteiger partial charge is 0.127 e. The number of aryl methyl sites for hydroxylation is 1. The minimum Gasteiger partial charge on any atom is -0.467 e. The molecule has 86 valence electrons. The first-order chi connectivity index (χ1) is 7.86. The fourth-order valence-electron chi connectivity index (χ4n) is 1.59. The van der Waals surface area contributed by atoms with Crippen LogP contribution in [0.1, 0.15) is 35.7 Å². The van der Waals surface area contributed by atoms with E-state index in [9.17, 15) is 0 Å². The number of furan rings is 1. The fraction of sp³-hybridized carbons (Fsp3) is 0.400. The van der Waals surface area contributed by atoms with Crippen molar-refractivity contribution in [2.75, 3.05) is 0 Å². The molecular formula is C10H14N4OS. The summed E-state index contributed by atoms with van der Waals surface area (Å²) >= 11 is 1.36. The van der Waals surface area contributed by atoms with Crippen molar-refractivity contribution in [1.29, 1.82) is 0 Å². The summed E-state index contributed by atoms with van der Waals surface area (Å²) in [7, 11) is 0. The van der Waals surface area contributed by atoms with Crippen LogP contribution in [0.5, 0.6) is 0 Å². The Kier molecular flexibility index (Phi) is 3.66. The molecule has 2 aromatic rings. The van der Waals surface area contributed by atoms with E-state index < -0.39 is 0 Å². The Bertz CT molecular complexity index is 426. The topological polar surface area (TPSA) is 77.0 Å². The van der Waals surface area contributed by atoms with Gasteiger partial charge in [0, 0.05) is 0 Å². The van der Waals surface area contributed by atoms with E-state index in [0.717, 1.165) is 29.2 Å². The number of hydrogen-bond donors (Lipinski definition) is 2. The van der Waals surface area contributed by atoms with Gasteiger partial charge in [-0.25, -0.2) is 5.43 Å². The van der Waals surface area contributed by atoms with Crippen LogP contribution in [-0.2, 0) is 6.42 Å². The van der Waals surface area contributed by atoms with Gasteiger partial charge in [0.05, 0.1) is 16.8 Å². The van der Waals surface area contributed by atoms with E-state index >= 15 is 0 Å². The van der Waals surface area contributed by atoms with E-state index in [-0.39, 0.29) is 6.04 Å². The van der Waals surface area contributed by atoms with Crippen molar-refractivity contribution in [2.24, 2.45) is 5.84 Å². The van der Waals surface area contributed by atoms with Gasteiger partial charge >= 0.3 is 0 Å². The molecule has 16 heavy (non-hydrogen) atoms. The minimum absolute atomic E-state index is 0.156. The van der Waals surface area contributed by atoms with Crippen molar-refractivity contribution in [2.45, 2.75) is 25.8 Å². The lowest BCUT2D eigenvalue weighted by atomic mass is 10.1. The van der Waals surface area contributed by atoms with E-state index in [0.29, 0.717) is 0 Å². The third-order valence-corrected chi connectivity index (χ3v) is 3.16. The van der Waals surface area contributed by atoms with Gasteiger partial charge in [-0.2, -0.15) is 0 Å². The van der Waals surface area contributed by atoms with Gasteiger partial charge in [-0.3, -0.25) is 5.84 Å². The number of rotatable bonds is 5. The van der Waals surface area contributed by atoms with Crippen molar-refractivity contribution in [3.63, 3.8) is 0 Å². The minimum atomic E-state index is -0.156. The molecule has 0 amide bonds. The van der Waals surface area contributed by atoms with Gasteiger partial charge < -0.3 is 4.42 Å². The monoisotopic (exact) mass is 238 g/mol. The Labute approximate surface area is 97.8 Å². The lowest BCUT2D eigenvalue weighted by Crippen LogP contribution is -2.28. The lowest BCUT2D eigenvalue weighted by Gasteiger charge is -2.11. The van der Waals surface area contributed by atoms with Gasteiger partial charge in [-0.1, -0.05) is 17.8 Å². The third kappa shape index (κ3) is 2.13. The molecule has 1 atom stereocenters. The Morgan fingerprint density at radius 3 is 3.12 bits per heavy atom. The zero-order valence-electron chi connectivity index (χ0n) is 9.01. The van der Waals surface area contributed by atoms with Crippen LogP contribution in [0.25, 0.3) is 0 Å². The van der Waals surface area contributed by atoms with Crippen LogP contribution in [0.15, 0.2) is 22.8 Å². The zero-order valence-corrected chi connectivity index (χ0v) is 9.83. The SMILES string of the molecule is CCCc1nnsc1C(NN)c1ccco1. The molecule has 2 aromatic heterocycles. The van der Waals surface area contributed by atoms with Gasteiger partial charge in [0.1, 0.15) is 11.8 Å². The van der Waals surface area contributed by atoms with Crippen molar-refractivity contribution in [3.05, 3.63) is 34.7 Å². The van der Waals surface area contributed by atoms with Crippen molar-refractivity contribution < 1.29 is 4.42 Å². The average Bonchev–Trinajstić information content (AvgIpc) is 2.92. The van der Waals surface area contributed by atoms with Crippen LogP contribution in [0.3, 0.4) is 0 Å². The first-order valence-electron chi connectivity index (χ1n) is 5.17. The van der Waals surface area contributed by atoms with Gasteiger partial charge in [0.15, 0.2) is 0 Å². The number of hydrazine groups is 1. The Hall–Kier alpha value is -1.24. The molecule has 0 saturated heterocycles. The second kappa shape index (κ2) is 5.20. The first kappa shape index (κ1) is 11.3. The largest absolute Gasteiger partial charge is 0.467 e. The number of nitrogens with two attached hydrogens (primary N) is 1. The summed E-state index contributed by atoms with van der Waals surface area (Å²) in [5.41, 5.74) is 3.73. The number of hydrogen-bond acceptors (Lipinski definition) is 6. The normalized spacial score (nSPS) is 12.9. The quantitative estimate of drug-likeness (QED) is 0.611. The van der Waals surface area contributed by atoms with Crippen LogP contribution >= 0.6 is 11.5 Å². The maximum atomic E-state index is 5.56. The third-order valence-electron chi connectivity index (χ3n) is 2.33. The van der Waals surface area contributed by atoms with Crippen LogP contribution in [0.2, 0.25) is 0 Å². The molecule has 6 heteroatoms. The second-order valence-corrected chi connectivity index (χ2v) is 4.23. The maximum Gasteiger partial charge on any atom is 0.127 e. The molecule has 3 N–H and O–H groups in total. The molecule has 0 aromatic carbocycles. The number of nitrogens with zero attached hydrogens (tertiary/aromatic N) is 2. The van der Waals surface area contributed by atoms with Crippen molar-refractivity contribution in [1.82, 2.24) is 15.0 Å². The summed E-state index contributed by atoms with van der Waals surface area (Å²) in [6.45, 7) is 2.11. The number of nitrogens with one attached hydrogen (secondary N) is 1. The highest BCUT2D eigenvalue weighted by atomic mass is 32.1. The second-order valence-electron chi connectivity index (χ2n) is 3.45. The molecule has 5 nitrogen and oxygen atoms in total. The lowest BCUT2D eigenvalue weighted by molar-refractivity contribution is 0.453. The average molecular weight is 238 g/mol. The standard InChI is InChI=1S/C10H14N4OS/c1-2-4-7-10(16-14-13-7)9(12-11)8-5-3-6-15-8/h3,5-6,9,12H,2,4,11H2,1H3. The summed E-state index contributed by atoms with van der Waals surface area (Å²) < 4.78 is 9.33. The molecule has 0 radical (unpaired) electrons. The summed E-state index contributed by atoms with van der Waals surface area (Å²) in [6.07, 6.45) is 3.58. The predicted molar refractivity (Wildman–Crippen MR) is 61.8 cm³/mol. The fourth-order valence-corrected chi connectivity index (χ4v) is 2.35. The Morgan fingerprint density at radius 2 is 2.50 bits per heavy atom. The highest BCUT2D eigenvalue weighted by molar-refractivity contribution is 7.05. The first-order valence-corrected chi connectivity index (χ1v) is 5.94. The molecule has 2 heterocycles. The summed E-state index contributed by atoms with van der Waals surface area (Å²) in [6, 6.07) is 3.57. The van der Waals surface area contributed by atoms with Gasteiger partial charge in [0.25, 0.3) is 0 Å².